The minimum atomic E-state index is 0.664. The number of nitrogens with zero attached hydrogens (tertiary/aromatic N) is 3. The first-order chi connectivity index (χ1) is 12.1. The van der Waals surface area contributed by atoms with Crippen LogP contribution < -0.4 is 5.32 Å². The Balaban J connectivity index is 1.92. The van der Waals surface area contributed by atoms with Gasteiger partial charge in [0.2, 0.25) is 0 Å². The van der Waals surface area contributed by atoms with Gasteiger partial charge in [0.05, 0.1) is 6.20 Å². The number of rotatable bonds is 3. The maximum absolute atomic E-state index is 6.26. The summed E-state index contributed by atoms with van der Waals surface area (Å²) in [5.41, 5.74) is 4.38. The molecule has 0 aliphatic carbocycles. The minimum Gasteiger partial charge on any atom is -0.339 e. The van der Waals surface area contributed by atoms with Gasteiger partial charge in [0.15, 0.2) is 5.65 Å². The number of nitrogens with one attached hydrogen (secondary N) is 1. The third-order valence-electron chi connectivity index (χ3n) is 4.05. The number of hydrogen-bond donors (Lipinski definition) is 1. The lowest BCUT2D eigenvalue weighted by Crippen LogP contribution is -1.99. The summed E-state index contributed by atoms with van der Waals surface area (Å²) < 4.78 is 1.96. The Morgan fingerprint density at radius 1 is 1.08 bits per heavy atom. The van der Waals surface area contributed by atoms with Gasteiger partial charge in [0.1, 0.15) is 11.5 Å². The van der Waals surface area contributed by atoms with Crippen molar-refractivity contribution in [2.24, 2.45) is 0 Å². The van der Waals surface area contributed by atoms with Crippen molar-refractivity contribution in [1.82, 2.24) is 14.4 Å². The summed E-state index contributed by atoms with van der Waals surface area (Å²) in [6.07, 6.45) is 5.33. The summed E-state index contributed by atoms with van der Waals surface area (Å²) in [6.45, 7) is 1.98. The molecule has 4 aromatic rings. The second kappa shape index (κ2) is 6.39. The van der Waals surface area contributed by atoms with E-state index in [1.54, 1.807) is 12.4 Å². The van der Waals surface area contributed by atoms with Crippen molar-refractivity contribution in [2.45, 2.75) is 6.92 Å². The first kappa shape index (κ1) is 15.9. The molecule has 2 heterocycles. The molecule has 0 saturated heterocycles. The number of hydrogen-bond acceptors (Lipinski definition) is 3. The van der Waals surface area contributed by atoms with E-state index in [9.17, 15) is 0 Å². The molecule has 4 rings (SSSR count). The van der Waals surface area contributed by atoms with Gasteiger partial charge in [-0.2, -0.15) is 0 Å². The van der Waals surface area contributed by atoms with Crippen molar-refractivity contribution in [3.63, 3.8) is 0 Å². The highest BCUT2D eigenvalue weighted by atomic mass is 35.5. The Labute approximate surface area is 155 Å². The molecule has 0 saturated carbocycles. The Hall–Kier alpha value is -2.56. The molecule has 124 valence electrons. The first-order valence-electron chi connectivity index (χ1n) is 7.73. The normalized spacial score (nSPS) is 11.0. The maximum Gasteiger partial charge on any atom is 0.157 e. The molecular formula is C19H14Cl2N4. The lowest BCUT2D eigenvalue weighted by atomic mass is 10.1. The summed E-state index contributed by atoms with van der Waals surface area (Å²) in [5.74, 6) is 0.838. The van der Waals surface area contributed by atoms with E-state index in [2.05, 4.69) is 10.3 Å². The molecular weight excluding hydrogens is 355 g/mol. The highest BCUT2D eigenvalue weighted by Crippen LogP contribution is 2.34. The third-order valence-corrected chi connectivity index (χ3v) is 4.69. The smallest absolute Gasteiger partial charge is 0.157 e. The number of halogens is 2. The molecule has 0 amide bonds. The van der Waals surface area contributed by atoms with E-state index in [1.165, 1.54) is 0 Å². The Bertz CT molecular complexity index is 1070. The van der Waals surface area contributed by atoms with Crippen LogP contribution in [0.5, 0.6) is 0 Å². The fraction of sp³-hybridized carbons (Fsp3) is 0.0526. The van der Waals surface area contributed by atoms with Crippen LogP contribution in [0.1, 0.15) is 5.56 Å². The second-order valence-electron chi connectivity index (χ2n) is 5.66. The number of imidazole rings is 1. The fourth-order valence-electron chi connectivity index (χ4n) is 2.73. The maximum atomic E-state index is 6.26. The van der Waals surface area contributed by atoms with Crippen LogP contribution in [0.4, 0.5) is 11.5 Å². The van der Waals surface area contributed by atoms with Crippen LogP contribution in [0.2, 0.25) is 10.0 Å². The summed E-state index contributed by atoms with van der Waals surface area (Å²) in [5, 5.41) is 4.84. The molecule has 0 radical (unpaired) electrons. The summed E-state index contributed by atoms with van der Waals surface area (Å²) in [6, 6.07) is 13.4. The molecule has 0 aliphatic heterocycles. The van der Waals surface area contributed by atoms with E-state index in [0.29, 0.717) is 10.0 Å². The van der Waals surface area contributed by atoms with Gasteiger partial charge in [-0.1, -0.05) is 41.4 Å². The zero-order valence-corrected chi connectivity index (χ0v) is 14.9. The second-order valence-corrected chi connectivity index (χ2v) is 6.50. The predicted octanol–water partition coefficient (Wildman–Crippen LogP) is 5.76. The third kappa shape index (κ3) is 2.95. The van der Waals surface area contributed by atoms with Crippen LogP contribution in [0.3, 0.4) is 0 Å². The van der Waals surface area contributed by atoms with E-state index >= 15 is 0 Å². The van der Waals surface area contributed by atoms with Gasteiger partial charge < -0.3 is 5.32 Å². The molecule has 2 aromatic heterocycles. The van der Waals surface area contributed by atoms with E-state index in [-0.39, 0.29) is 0 Å². The van der Waals surface area contributed by atoms with Crippen LogP contribution in [0.15, 0.2) is 61.1 Å². The minimum absolute atomic E-state index is 0.664. The quantitative estimate of drug-likeness (QED) is 0.500. The molecule has 0 bridgehead atoms. The van der Waals surface area contributed by atoms with Gasteiger partial charge in [0, 0.05) is 33.7 Å². The average molecular weight is 369 g/mol. The van der Waals surface area contributed by atoms with Crippen LogP contribution in [-0.2, 0) is 0 Å². The van der Waals surface area contributed by atoms with Crippen molar-refractivity contribution < 1.29 is 0 Å². The first-order valence-corrected chi connectivity index (χ1v) is 8.49. The average Bonchev–Trinajstić information content (AvgIpc) is 2.98. The molecule has 0 aliphatic rings. The van der Waals surface area contributed by atoms with E-state index in [4.69, 9.17) is 28.2 Å². The highest BCUT2D eigenvalue weighted by Gasteiger charge is 2.16. The van der Waals surface area contributed by atoms with Crippen molar-refractivity contribution in [3.8, 4) is 11.3 Å². The number of anilines is 2. The van der Waals surface area contributed by atoms with Gasteiger partial charge in [0.25, 0.3) is 0 Å². The van der Waals surface area contributed by atoms with Crippen LogP contribution >= 0.6 is 23.2 Å². The van der Waals surface area contributed by atoms with Crippen LogP contribution in [0.25, 0.3) is 16.9 Å². The molecule has 6 heteroatoms. The number of fused-ring (bicyclic) bond motifs is 1. The molecule has 2 aromatic carbocycles. The Morgan fingerprint density at radius 2 is 1.92 bits per heavy atom. The molecule has 0 fully saturated rings. The Kier molecular flexibility index (Phi) is 4.07. The predicted molar refractivity (Wildman–Crippen MR) is 103 cm³/mol. The number of aromatic nitrogens is 3. The largest absolute Gasteiger partial charge is 0.339 e. The van der Waals surface area contributed by atoms with E-state index in [0.717, 1.165) is 34.0 Å². The van der Waals surface area contributed by atoms with Gasteiger partial charge in [-0.25, -0.2) is 4.98 Å². The van der Waals surface area contributed by atoms with Gasteiger partial charge in [-0.05, 0) is 36.8 Å². The van der Waals surface area contributed by atoms with E-state index in [1.807, 2.05) is 60.0 Å². The molecule has 0 spiro atoms. The van der Waals surface area contributed by atoms with Crippen molar-refractivity contribution in [3.05, 3.63) is 76.7 Å². The topological polar surface area (TPSA) is 42.2 Å². The van der Waals surface area contributed by atoms with Gasteiger partial charge in [-0.3, -0.25) is 9.38 Å². The van der Waals surface area contributed by atoms with E-state index < -0.39 is 0 Å². The SMILES string of the molecule is Cc1c(Cl)cccc1Nc1c(-c2cccc(Cl)c2)nc2cnccn12. The van der Waals surface area contributed by atoms with Gasteiger partial charge >= 0.3 is 0 Å². The number of benzene rings is 2. The molecule has 0 atom stereocenters. The fourth-order valence-corrected chi connectivity index (χ4v) is 3.10. The van der Waals surface area contributed by atoms with Gasteiger partial charge in [-0.15, -0.1) is 0 Å². The zero-order chi connectivity index (χ0) is 17.4. The summed E-state index contributed by atoms with van der Waals surface area (Å²) in [4.78, 5) is 8.88. The Morgan fingerprint density at radius 3 is 2.76 bits per heavy atom. The van der Waals surface area contributed by atoms with Crippen molar-refractivity contribution >= 4 is 40.4 Å². The lowest BCUT2D eigenvalue weighted by molar-refractivity contribution is 1.13. The highest BCUT2D eigenvalue weighted by molar-refractivity contribution is 6.31. The van der Waals surface area contributed by atoms with Crippen LogP contribution in [-0.4, -0.2) is 14.4 Å². The van der Waals surface area contributed by atoms with Crippen molar-refractivity contribution in [1.29, 1.82) is 0 Å². The van der Waals surface area contributed by atoms with Crippen LogP contribution in [0, 0.1) is 6.92 Å². The molecule has 1 N–H and O–H groups in total. The molecule has 25 heavy (non-hydrogen) atoms. The monoisotopic (exact) mass is 368 g/mol. The molecule has 0 unspecified atom stereocenters. The van der Waals surface area contributed by atoms with Crippen molar-refractivity contribution in [2.75, 3.05) is 5.32 Å². The molecule has 4 nitrogen and oxygen atoms in total. The summed E-state index contributed by atoms with van der Waals surface area (Å²) >= 11 is 12.4. The summed E-state index contributed by atoms with van der Waals surface area (Å²) in [7, 11) is 0. The lowest BCUT2D eigenvalue weighted by Gasteiger charge is -2.12. The zero-order valence-electron chi connectivity index (χ0n) is 13.4. The standard InChI is InChI=1S/C19H14Cl2N4/c1-12-15(21)6-3-7-16(12)23-19-18(13-4-2-5-14(20)10-13)24-17-11-22-8-9-25(17)19/h2-11,23H,1H3.